The molecule has 33 heavy (non-hydrogen) atoms. The Morgan fingerprint density at radius 2 is 1.36 bits per heavy atom. The van der Waals surface area contributed by atoms with Gasteiger partial charge in [0.15, 0.2) is 5.78 Å². The summed E-state index contributed by atoms with van der Waals surface area (Å²) in [7, 11) is 0. The van der Waals surface area contributed by atoms with E-state index in [4.69, 9.17) is 4.74 Å². The summed E-state index contributed by atoms with van der Waals surface area (Å²) in [6.07, 6.45) is 13.8. The molecular weight excluding hydrogens is 404 g/mol. The van der Waals surface area contributed by atoms with Gasteiger partial charge in [-0.3, -0.25) is 4.79 Å². The van der Waals surface area contributed by atoms with Crippen LogP contribution in [0.25, 0.3) is 12.2 Å². The van der Waals surface area contributed by atoms with Crippen LogP contribution in [-0.2, 0) is 6.42 Å². The SMILES string of the molecule is C=Cc1ccc(OCCCCCCCCc2ccc(C=CC(=O)c3ccccc3)cc2)cc1. The van der Waals surface area contributed by atoms with Crippen LogP contribution < -0.4 is 4.74 Å². The van der Waals surface area contributed by atoms with Gasteiger partial charge in [0.05, 0.1) is 6.61 Å². The van der Waals surface area contributed by atoms with E-state index in [1.807, 2.05) is 66.7 Å². The Bertz CT molecular complexity index is 999. The molecule has 0 saturated carbocycles. The molecule has 0 aliphatic rings. The van der Waals surface area contributed by atoms with E-state index >= 15 is 0 Å². The molecule has 0 aromatic heterocycles. The minimum Gasteiger partial charge on any atom is -0.494 e. The van der Waals surface area contributed by atoms with Crippen LogP contribution >= 0.6 is 0 Å². The van der Waals surface area contributed by atoms with Crippen LogP contribution in [0.1, 0.15) is 65.6 Å². The molecule has 0 saturated heterocycles. The van der Waals surface area contributed by atoms with Crippen molar-refractivity contribution in [1.29, 1.82) is 0 Å². The van der Waals surface area contributed by atoms with Crippen molar-refractivity contribution < 1.29 is 9.53 Å². The van der Waals surface area contributed by atoms with E-state index in [2.05, 4.69) is 30.8 Å². The van der Waals surface area contributed by atoms with Crippen LogP contribution in [0, 0.1) is 0 Å². The topological polar surface area (TPSA) is 26.3 Å². The number of hydrogen-bond donors (Lipinski definition) is 0. The first-order valence-electron chi connectivity index (χ1n) is 12.0. The molecule has 2 heteroatoms. The Morgan fingerprint density at radius 1 is 0.727 bits per heavy atom. The van der Waals surface area contributed by atoms with Crippen LogP contribution in [0.3, 0.4) is 0 Å². The van der Waals surface area contributed by atoms with Gasteiger partial charge in [0.1, 0.15) is 5.75 Å². The van der Waals surface area contributed by atoms with Crippen LogP contribution in [0.5, 0.6) is 5.75 Å². The van der Waals surface area contributed by atoms with E-state index in [0.717, 1.165) is 41.9 Å². The van der Waals surface area contributed by atoms with Gasteiger partial charge in [-0.05, 0) is 54.2 Å². The lowest BCUT2D eigenvalue weighted by molar-refractivity contribution is 0.104. The average molecular weight is 439 g/mol. The summed E-state index contributed by atoms with van der Waals surface area (Å²) >= 11 is 0. The van der Waals surface area contributed by atoms with Crippen molar-refractivity contribution in [3.05, 3.63) is 114 Å². The summed E-state index contributed by atoms with van der Waals surface area (Å²) in [6.45, 7) is 4.55. The Morgan fingerprint density at radius 3 is 2.06 bits per heavy atom. The highest BCUT2D eigenvalue weighted by Crippen LogP contribution is 2.15. The van der Waals surface area contributed by atoms with Gasteiger partial charge in [-0.15, -0.1) is 0 Å². The first-order valence-corrected chi connectivity index (χ1v) is 12.0. The molecule has 0 aliphatic carbocycles. The number of carbonyl (C=O) groups is 1. The van der Waals surface area contributed by atoms with Gasteiger partial charge in [-0.1, -0.05) is 111 Å². The van der Waals surface area contributed by atoms with E-state index in [-0.39, 0.29) is 5.78 Å². The highest BCUT2D eigenvalue weighted by atomic mass is 16.5. The second kappa shape index (κ2) is 13.9. The molecule has 0 heterocycles. The largest absolute Gasteiger partial charge is 0.494 e. The zero-order valence-corrected chi connectivity index (χ0v) is 19.4. The van der Waals surface area contributed by atoms with Gasteiger partial charge in [-0.25, -0.2) is 0 Å². The number of hydrogen-bond acceptors (Lipinski definition) is 2. The van der Waals surface area contributed by atoms with Gasteiger partial charge in [-0.2, -0.15) is 0 Å². The summed E-state index contributed by atoms with van der Waals surface area (Å²) in [4.78, 5) is 12.2. The lowest BCUT2D eigenvalue weighted by Gasteiger charge is -2.06. The highest BCUT2D eigenvalue weighted by molar-refractivity contribution is 6.06. The van der Waals surface area contributed by atoms with Gasteiger partial charge < -0.3 is 4.74 Å². The molecule has 3 rings (SSSR count). The Kier molecular flexibility index (Phi) is 10.2. The van der Waals surface area contributed by atoms with Crippen LogP contribution in [0.15, 0.2) is 91.5 Å². The van der Waals surface area contributed by atoms with Gasteiger partial charge in [0, 0.05) is 5.56 Å². The van der Waals surface area contributed by atoms with Crippen LogP contribution in [-0.4, -0.2) is 12.4 Å². The van der Waals surface area contributed by atoms with Crippen LogP contribution in [0.4, 0.5) is 0 Å². The number of ether oxygens (including phenoxy) is 1. The van der Waals surface area contributed by atoms with Crippen molar-refractivity contribution >= 4 is 17.9 Å². The smallest absolute Gasteiger partial charge is 0.185 e. The molecule has 0 unspecified atom stereocenters. The minimum absolute atomic E-state index is 0.0356. The van der Waals surface area contributed by atoms with E-state index in [0.29, 0.717) is 0 Å². The van der Waals surface area contributed by atoms with Crippen LogP contribution in [0.2, 0.25) is 0 Å². The van der Waals surface area contributed by atoms with E-state index < -0.39 is 0 Å². The third kappa shape index (κ3) is 8.94. The predicted octanol–water partition coefficient (Wildman–Crippen LogP) is 8.19. The number of aryl methyl sites for hydroxylation is 1. The van der Waals surface area contributed by atoms with E-state index in [9.17, 15) is 4.79 Å². The lowest BCUT2D eigenvalue weighted by Crippen LogP contribution is -1.97. The van der Waals surface area contributed by atoms with Gasteiger partial charge >= 0.3 is 0 Å². The molecule has 0 spiro atoms. The number of unbranched alkanes of at least 4 members (excludes halogenated alkanes) is 5. The average Bonchev–Trinajstić information content (AvgIpc) is 2.88. The maximum atomic E-state index is 12.2. The zero-order valence-electron chi connectivity index (χ0n) is 19.4. The fraction of sp³-hybridized carbons (Fsp3) is 0.258. The predicted molar refractivity (Wildman–Crippen MR) is 140 cm³/mol. The summed E-state index contributed by atoms with van der Waals surface area (Å²) in [5.41, 5.74) is 4.25. The summed E-state index contributed by atoms with van der Waals surface area (Å²) in [5, 5.41) is 0. The van der Waals surface area contributed by atoms with Crippen molar-refractivity contribution in [3.63, 3.8) is 0 Å². The Labute approximate surface area is 198 Å². The second-order valence-corrected chi connectivity index (χ2v) is 8.30. The third-order valence-electron chi connectivity index (χ3n) is 5.71. The summed E-state index contributed by atoms with van der Waals surface area (Å²) < 4.78 is 5.80. The fourth-order valence-corrected chi connectivity index (χ4v) is 3.69. The molecule has 0 N–H and O–H groups in total. The first kappa shape index (κ1) is 24.3. The van der Waals surface area contributed by atoms with Gasteiger partial charge in [0.25, 0.3) is 0 Å². The first-order chi connectivity index (χ1) is 16.2. The molecule has 0 fully saturated rings. The Hall–Kier alpha value is -3.39. The monoisotopic (exact) mass is 438 g/mol. The number of ketones is 1. The molecule has 3 aromatic rings. The third-order valence-corrected chi connectivity index (χ3v) is 5.71. The Balaban J connectivity index is 1.24. The fourth-order valence-electron chi connectivity index (χ4n) is 3.69. The lowest BCUT2D eigenvalue weighted by atomic mass is 10.0. The minimum atomic E-state index is 0.0356. The number of rotatable bonds is 14. The standard InChI is InChI=1S/C31H34O2/c1-2-26-19-22-30(23-20-26)33-25-11-6-4-3-5-8-12-27-15-17-28(18-16-27)21-24-31(32)29-13-9-7-10-14-29/h2,7,9-10,13-24H,1,3-6,8,11-12,25H2. The molecule has 3 aromatic carbocycles. The van der Waals surface area contributed by atoms with Crippen molar-refractivity contribution in [1.82, 2.24) is 0 Å². The zero-order chi connectivity index (χ0) is 23.1. The molecular formula is C31H34O2. The second-order valence-electron chi connectivity index (χ2n) is 8.30. The molecule has 170 valence electrons. The molecule has 2 nitrogen and oxygen atoms in total. The maximum absolute atomic E-state index is 12.2. The summed E-state index contributed by atoms with van der Waals surface area (Å²) in [6, 6.07) is 26.0. The molecule has 0 aliphatic heterocycles. The number of allylic oxidation sites excluding steroid dienone is 1. The molecule has 0 radical (unpaired) electrons. The molecule has 0 bridgehead atoms. The molecule has 0 atom stereocenters. The highest BCUT2D eigenvalue weighted by Gasteiger charge is 2.00. The van der Waals surface area contributed by atoms with Gasteiger partial charge in [0.2, 0.25) is 0 Å². The van der Waals surface area contributed by atoms with Crippen molar-refractivity contribution in [3.8, 4) is 5.75 Å². The van der Waals surface area contributed by atoms with E-state index in [1.165, 1.54) is 37.7 Å². The van der Waals surface area contributed by atoms with Crippen molar-refractivity contribution in [2.45, 2.75) is 44.9 Å². The normalized spacial score (nSPS) is 10.9. The van der Waals surface area contributed by atoms with Crippen molar-refractivity contribution in [2.75, 3.05) is 6.61 Å². The van der Waals surface area contributed by atoms with Crippen molar-refractivity contribution in [2.24, 2.45) is 0 Å². The molecule has 0 amide bonds. The number of carbonyl (C=O) groups excluding carboxylic acids is 1. The quantitative estimate of drug-likeness (QED) is 0.144. The summed E-state index contributed by atoms with van der Waals surface area (Å²) in [5.74, 6) is 0.971. The number of benzene rings is 3. The van der Waals surface area contributed by atoms with E-state index in [1.54, 1.807) is 6.08 Å². The maximum Gasteiger partial charge on any atom is 0.185 e.